The Bertz CT molecular complexity index is 1500. The second-order valence-electron chi connectivity index (χ2n) is 11.0. The van der Waals surface area contributed by atoms with E-state index in [1.165, 1.54) is 16.3 Å². The first-order valence-electron chi connectivity index (χ1n) is 13.8. The first-order valence-corrected chi connectivity index (χ1v) is 13.8. The molecule has 2 aromatic heterocycles. The van der Waals surface area contributed by atoms with E-state index >= 15 is 0 Å². The van der Waals surface area contributed by atoms with Gasteiger partial charge in [0.25, 0.3) is 5.69 Å². The lowest BCUT2D eigenvalue weighted by molar-refractivity contribution is -0.114. The van der Waals surface area contributed by atoms with E-state index in [-0.39, 0.29) is 46.6 Å². The number of rotatable bonds is 5. The smallest absolute Gasteiger partial charge is 0.415 e. The van der Waals surface area contributed by atoms with E-state index in [4.69, 9.17) is 20.8 Å². The molecule has 3 heterocycles. The number of anilines is 1. The molecule has 1 saturated carbocycles. The van der Waals surface area contributed by atoms with Gasteiger partial charge in [0.05, 0.1) is 19.8 Å². The summed E-state index contributed by atoms with van der Waals surface area (Å²) in [6, 6.07) is 7.00. The molecule has 2 N–H and O–H groups in total. The number of amides is 2. The molecule has 2 unspecified atom stereocenters. The molecule has 1 aliphatic carbocycles. The number of aromatic amines is 1. The fraction of sp³-hybridized carbons (Fsp3) is 0.483. The van der Waals surface area contributed by atoms with Gasteiger partial charge in [-0.3, -0.25) is 9.89 Å². The van der Waals surface area contributed by atoms with E-state index in [0.29, 0.717) is 49.3 Å². The van der Waals surface area contributed by atoms with Crippen LogP contribution < -0.4 is 10.1 Å². The van der Waals surface area contributed by atoms with E-state index < -0.39 is 12.1 Å². The molecule has 216 valence electrons. The molecule has 2 atom stereocenters. The lowest BCUT2D eigenvalue weighted by Crippen LogP contribution is -2.42. The van der Waals surface area contributed by atoms with Crippen LogP contribution >= 0.6 is 0 Å². The van der Waals surface area contributed by atoms with Gasteiger partial charge in [0.2, 0.25) is 11.8 Å². The number of morpholine rings is 1. The Balaban J connectivity index is 1.57. The molecule has 0 spiro atoms. The number of hydrogen-bond acceptors (Lipinski definition) is 7. The number of ether oxygens (including phenoxy) is 3. The van der Waals surface area contributed by atoms with Crippen LogP contribution in [0, 0.1) is 24.3 Å². The third-order valence-corrected chi connectivity index (χ3v) is 7.65. The van der Waals surface area contributed by atoms with E-state index in [0.717, 1.165) is 12.8 Å². The summed E-state index contributed by atoms with van der Waals surface area (Å²) >= 11 is 0. The predicted octanol–water partition coefficient (Wildman–Crippen LogP) is 4.90. The molecule has 2 fully saturated rings. The zero-order valence-electron chi connectivity index (χ0n) is 23.6. The fourth-order valence-corrected chi connectivity index (χ4v) is 5.94. The van der Waals surface area contributed by atoms with E-state index in [1.807, 2.05) is 0 Å². The second-order valence-corrected chi connectivity index (χ2v) is 11.0. The van der Waals surface area contributed by atoms with Crippen molar-refractivity contribution >= 4 is 35.0 Å². The van der Waals surface area contributed by atoms with Crippen molar-refractivity contribution < 1.29 is 28.6 Å². The van der Waals surface area contributed by atoms with Crippen LogP contribution in [0.1, 0.15) is 50.9 Å². The Morgan fingerprint density at radius 3 is 2.51 bits per heavy atom. The largest absolute Gasteiger partial charge is 0.459 e. The molecule has 0 bridgehead atoms. The average molecular weight is 563 g/mol. The number of nitrogens with one attached hydrogen (secondary N) is 2. The highest BCUT2D eigenvalue weighted by atomic mass is 16.6. The summed E-state index contributed by atoms with van der Waals surface area (Å²) in [4.78, 5) is 48.1. The Morgan fingerprint density at radius 1 is 1.15 bits per heavy atom. The highest BCUT2D eigenvalue weighted by Gasteiger charge is 2.37. The van der Waals surface area contributed by atoms with Crippen LogP contribution in [0.15, 0.2) is 24.3 Å². The molecule has 2 amide bonds. The zero-order valence-corrected chi connectivity index (χ0v) is 23.6. The van der Waals surface area contributed by atoms with E-state index in [2.05, 4.69) is 41.0 Å². The van der Waals surface area contributed by atoms with Crippen LogP contribution in [-0.2, 0) is 14.3 Å². The van der Waals surface area contributed by atoms with Gasteiger partial charge >= 0.3 is 12.1 Å². The SMILES string of the molecule is [C-]#[N+]c1c(C(=O)OC2C(C)CC(C)CC2C)c2nc(-c3cccc(NC(C)=O)c3)[nH]n2c1OC(=O)N1CCOCC1. The van der Waals surface area contributed by atoms with Crippen LogP contribution in [0.3, 0.4) is 0 Å². The third kappa shape index (κ3) is 5.76. The maximum absolute atomic E-state index is 13.8. The number of aromatic nitrogens is 3. The van der Waals surface area contributed by atoms with Gasteiger partial charge in [-0.25, -0.2) is 23.9 Å². The van der Waals surface area contributed by atoms with E-state index in [9.17, 15) is 14.4 Å². The Labute approximate surface area is 237 Å². The number of nitrogens with zero attached hydrogens (tertiary/aromatic N) is 4. The van der Waals surface area contributed by atoms with Gasteiger partial charge in [0.1, 0.15) is 11.7 Å². The minimum absolute atomic E-state index is 0.0664. The van der Waals surface area contributed by atoms with Crippen molar-refractivity contribution in [3.8, 4) is 17.3 Å². The minimum Gasteiger partial charge on any atom is -0.459 e. The van der Waals surface area contributed by atoms with Crippen molar-refractivity contribution in [1.82, 2.24) is 19.5 Å². The highest BCUT2D eigenvalue weighted by Crippen LogP contribution is 2.41. The third-order valence-electron chi connectivity index (χ3n) is 7.65. The zero-order chi connectivity index (χ0) is 29.3. The number of hydrogen-bond donors (Lipinski definition) is 2. The van der Waals surface area contributed by atoms with Crippen LogP contribution in [0.25, 0.3) is 21.9 Å². The topological polar surface area (TPSA) is 132 Å². The van der Waals surface area contributed by atoms with Crippen molar-refractivity contribution in [2.75, 3.05) is 31.6 Å². The summed E-state index contributed by atoms with van der Waals surface area (Å²) in [5.41, 5.74) is 1.06. The average Bonchev–Trinajstić information content (AvgIpc) is 3.48. The summed E-state index contributed by atoms with van der Waals surface area (Å²) in [5.74, 6) is 0.116. The lowest BCUT2D eigenvalue weighted by atomic mass is 9.75. The molecule has 0 radical (unpaired) electrons. The van der Waals surface area contributed by atoms with Crippen molar-refractivity contribution in [3.05, 3.63) is 41.2 Å². The molecule has 1 aromatic carbocycles. The minimum atomic E-state index is -0.689. The summed E-state index contributed by atoms with van der Waals surface area (Å²) in [6.45, 7) is 17.1. The molecular formula is C29H34N6O6. The molecule has 2 aliphatic rings. The quantitative estimate of drug-likeness (QED) is 0.334. The number of fused-ring (bicyclic) bond motifs is 1. The molecule has 12 nitrogen and oxygen atoms in total. The van der Waals surface area contributed by atoms with Gasteiger partial charge in [-0.05, 0) is 42.7 Å². The van der Waals surface area contributed by atoms with Crippen molar-refractivity contribution in [2.24, 2.45) is 17.8 Å². The van der Waals surface area contributed by atoms with Crippen LogP contribution in [0.5, 0.6) is 5.88 Å². The standard InChI is InChI=1S/C29H34N6O6/c1-16-13-17(2)24(18(3)14-16)40-28(37)22-23(30-5)27(41-29(38)34-9-11-39-12-10-34)35-26(22)32-25(33-35)20-7-6-8-21(15-20)31-19(4)36/h6-8,15-18,24H,9-14H2,1-4H3,(H,31,36)(H,32,33). The number of H-pyrrole nitrogens is 1. The van der Waals surface area contributed by atoms with Crippen molar-refractivity contribution in [1.29, 1.82) is 0 Å². The number of carbonyl (C=O) groups is 3. The summed E-state index contributed by atoms with van der Waals surface area (Å²) in [7, 11) is 0. The Morgan fingerprint density at radius 2 is 1.85 bits per heavy atom. The number of carbonyl (C=O) groups excluding carboxylic acids is 3. The second kappa shape index (κ2) is 11.6. The van der Waals surface area contributed by atoms with Crippen molar-refractivity contribution in [2.45, 2.75) is 46.6 Å². The summed E-state index contributed by atoms with van der Waals surface area (Å²) < 4.78 is 18.4. The highest BCUT2D eigenvalue weighted by molar-refractivity contribution is 6.05. The molecule has 5 rings (SSSR count). The summed E-state index contributed by atoms with van der Waals surface area (Å²) in [5, 5.41) is 5.80. The molecule has 41 heavy (non-hydrogen) atoms. The van der Waals surface area contributed by atoms with Gasteiger partial charge in [-0.15, -0.1) is 0 Å². The Kier molecular flexibility index (Phi) is 7.99. The van der Waals surface area contributed by atoms with Gasteiger partial charge in [0.15, 0.2) is 11.5 Å². The fourth-order valence-electron chi connectivity index (χ4n) is 5.94. The first-order chi connectivity index (χ1) is 19.7. The van der Waals surface area contributed by atoms with Gasteiger partial charge in [-0.2, -0.15) is 0 Å². The van der Waals surface area contributed by atoms with Crippen LogP contribution in [0.2, 0.25) is 0 Å². The molecule has 12 heteroatoms. The molecular weight excluding hydrogens is 528 g/mol. The maximum Gasteiger partial charge on any atom is 0.415 e. The molecule has 1 aliphatic heterocycles. The number of esters is 1. The van der Waals surface area contributed by atoms with Gasteiger partial charge < -0.3 is 24.4 Å². The Hall–Kier alpha value is -4.37. The monoisotopic (exact) mass is 562 g/mol. The molecule has 3 aromatic rings. The summed E-state index contributed by atoms with van der Waals surface area (Å²) in [6.07, 6.45) is 0.884. The van der Waals surface area contributed by atoms with Crippen LogP contribution in [-0.4, -0.2) is 69.9 Å². The van der Waals surface area contributed by atoms with Crippen LogP contribution in [0.4, 0.5) is 16.2 Å². The maximum atomic E-state index is 13.8. The first kappa shape index (κ1) is 28.2. The lowest BCUT2D eigenvalue weighted by Gasteiger charge is -2.37. The number of benzene rings is 1. The van der Waals surface area contributed by atoms with Crippen molar-refractivity contribution in [3.63, 3.8) is 0 Å². The van der Waals surface area contributed by atoms with Gasteiger partial charge in [-0.1, -0.05) is 32.9 Å². The normalized spacial score (nSPS) is 22.7. The molecule has 1 saturated heterocycles. The van der Waals surface area contributed by atoms with E-state index in [1.54, 1.807) is 24.3 Å². The predicted molar refractivity (Wildman–Crippen MR) is 150 cm³/mol. The van der Waals surface area contributed by atoms with Gasteiger partial charge in [0, 0.05) is 31.3 Å².